The Kier molecular flexibility index (Phi) is 6.11. The molecule has 154 valence electrons. The first kappa shape index (κ1) is 20.7. The topological polar surface area (TPSA) is 145 Å². The fourth-order valence-electron chi connectivity index (χ4n) is 2.57. The molecule has 0 saturated heterocycles. The Balaban J connectivity index is 1.82. The van der Waals surface area contributed by atoms with Crippen LogP contribution in [0.2, 0.25) is 0 Å². The van der Waals surface area contributed by atoms with E-state index in [4.69, 9.17) is 5.11 Å². The highest BCUT2D eigenvalue weighted by Gasteiger charge is 2.17. The number of nitrogens with one attached hydrogen (secondary N) is 4. The lowest BCUT2D eigenvalue weighted by Crippen LogP contribution is -2.27. The minimum atomic E-state index is -3.73. The van der Waals surface area contributed by atoms with Crippen molar-refractivity contribution in [1.29, 1.82) is 0 Å². The van der Waals surface area contributed by atoms with E-state index in [1.54, 1.807) is 31.3 Å². The number of hydrogen-bond donors (Lipinski definition) is 5. The quantitative estimate of drug-likeness (QED) is 0.374. The van der Waals surface area contributed by atoms with Crippen molar-refractivity contribution in [3.8, 4) is 0 Å². The number of aliphatic hydroxyl groups excluding tert-OH is 1. The lowest BCUT2D eigenvalue weighted by molar-refractivity contribution is 0.301. The second-order valence-corrected chi connectivity index (χ2v) is 8.17. The molecule has 1 aromatic carbocycles. The van der Waals surface area contributed by atoms with Gasteiger partial charge in [-0.2, -0.15) is 10.1 Å². The summed E-state index contributed by atoms with van der Waals surface area (Å²) in [5.74, 6) is 1.52. The number of aromatic nitrogens is 4. The monoisotopic (exact) mass is 417 g/mol. The van der Waals surface area contributed by atoms with Crippen LogP contribution in [-0.2, 0) is 10.0 Å². The minimum Gasteiger partial charge on any atom is -0.395 e. The van der Waals surface area contributed by atoms with Crippen molar-refractivity contribution in [1.82, 2.24) is 24.9 Å². The van der Waals surface area contributed by atoms with E-state index in [0.717, 1.165) is 11.3 Å². The molecular weight excluding hydrogens is 394 g/mol. The molecule has 10 nitrogen and oxygen atoms in total. The van der Waals surface area contributed by atoms with Gasteiger partial charge in [-0.05, 0) is 44.5 Å². The molecule has 0 spiro atoms. The third-order valence-electron chi connectivity index (χ3n) is 4.29. The van der Waals surface area contributed by atoms with E-state index in [2.05, 4.69) is 35.5 Å². The van der Waals surface area contributed by atoms with Gasteiger partial charge in [0, 0.05) is 29.7 Å². The van der Waals surface area contributed by atoms with Crippen LogP contribution in [0.15, 0.2) is 35.4 Å². The number of benzene rings is 1. The van der Waals surface area contributed by atoms with Gasteiger partial charge in [0.25, 0.3) is 0 Å². The molecule has 3 aromatic rings. The molecule has 3 rings (SSSR count). The number of hydrogen-bond acceptors (Lipinski definition) is 8. The molecular formula is C18H23N7O3S. The Hall–Kier alpha value is -3.02. The third kappa shape index (κ3) is 4.88. The molecule has 0 bridgehead atoms. The molecule has 0 unspecified atom stereocenters. The molecule has 29 heavy (non-hydrogen) atoms. The van der Waals surface area contributed by atoms with Crippen LogP contribution >= 0.6 is 0 Å². The number of aliphatic hydroxyl groups is 1. The predicted octanol–water partition coefficient (Wildman–Crippen LogP) is 1.88. The summed E-state index contributed by atoms with van der Waals surface area (Å²) in [6.07, 6.45) is 1.58. The van der Waals surface area contributed by atoms with Gasteiger partial charge < -0.3 is 15.7 Å². The first-order valence-electron chi connectivity index (χ1n) is 8.90. The number of nitrogens with zero attached hydrogens (tertiary/aromatic N) is 3. The molecule has 0 saturated carbocycles. The highest BCUT2D eigenvalue weighted by atomic mass is 32.2. The van der Waals surface area contributed by atoms with Crippen molar-refractivity contribution in [2.75, 3.05) is 23.8 Å². The third-order valence-corrected chi connectivity index (χ3v) is 5.90. The Morgan fingerprint density at radius 3 is 2.62 bits per heavy atom. The molecule has 0 aliphatic carbocycles. The maximum Gasteiger partial charge on any atom is 0.240 e. The van der Waals surface area contributed by atoms with Gasteiger partial charge in [-0.25, -0.2) is 18.1 Å². The lowest BCUT2D eigenvalue weighted by Gasteiger charge is -2.12. The van der Waals surface area contributed by atoms with Crippen LogP contribution in [-0.4, -0.2) is 46.8 Å². The molecule has 0 amide bonds. The maximum absolute atomic E-state index is 12.4. The van der Waals surface area contributed by atoms with Gasteiger partial charge in [0.15, 0.2) is 5.82 Å². The number of H-pyrrole nitrogens is 1. The summed E-state index contributed by atoms with van der Waals surface area (Å²) in [7, 11) is -3.73. The average Bonchev–Trinajstić information content (AvgIpc) is 3.00. The summed E-state index contributed by atoms with van der Waals surface area (Å²) < 4.78 is 27.2. The predicted molar refractivity (Wildman–Crippen MR) is 110 cm³/mol. The van der Waals surface area contributed by atoms with E-state index in [1.165, 1.54) is 6.07 Å². The van der Waals surface area contributed by atoms with Gasteiger partial charge >= 0.3 is 0 Å². The largest absolute Gasteiger partial charge is 0.395 e. The van der Waals surface area contributed by atoms with Crippen molar-refractivity contribution >= 4 is 33.3 Å². The first-order chi connectivity index (χ1) is 13.8. The van der Waals surface area contributed by atoms with Crippen molar-refractivity contribution in [3.05, 3.63) is 47.3 Å². The smallest absolute Gasteiger partial charge is 0.240 e. The highest BCUT2D eigenvalue weighted by Crippen LogP contribution is 2.23. The van der Waals surface area contributed by atoms with Gasteiger partial charge in [-0.15, -0.1) is 0 Å². The molecule has 0 aliphatic rings. The molecule has 11 heteroatoms. The van der Waals surface area contributed by atoms with Gasteiger partial charge in [0.05, 0.1) is 11.5 Å². The SMILES string of the molecule is Cc1ccc(Nc2nccc(Nc3n[nH]c(C)c3C)n2)cc1S(=O)(=O)NCCO. The van der Waals surface area contributed by atoms with Gasteiger partial charge in [0.1, 0.15) is 5.82 Å². The van der Waals surface area contributed by atoms with E-state index in [-0.39, 0.29) is 18.0 Å². The Bertz CT molecular complexity index is 1110. The summed E-state index contributed by atoms with van der Waals surface area (Å²) in [4.78, 5) is 8.69. The second kappa shape index (κ2) is 8.55. The molecule has 2 heterocycles. The fraction of sp³-hybridized carbons (Fsp3) is 0.278. The number of rotatable bonds is 8. The van der Waals surface area contributed by atoms with E-state index < -0.39 is 10.0 Å². The van der Waals surface area contributed by atoms with Crippen LogP contribution in [0, 0.1) is 20.8 Å². The summed E-state index contributed by atoms with van der Waals surface area (Å²) in [5.41, 5.74) is 3.05. The zero-order valence-corrected chi connectivity index (χ0v) is 17.1. The van der Waals surface area contributed by atoms with Crippen molar-refractivity contribution in [2.24, 2.45) is 0 Å². The van der Waals surface area contributed by atoms with Gasteiger partial charge in [-0.3, -0.25) is 5.10 Å². The van der Waals surface area contributed by atoms with E-state index in [0.29, 0.717) is 28.8 Å². The van der Waals surface area contributed by atoms with Gasteiger partial charge in [-0.1, -0.05) is 6.07 Å². The summed E-state index contributed by atoms with van der Waals surface area (Å²) in [6.45, 7) is 5.24. The number of aryl methyl sites for hydroxylation is 2. The highest BCUT2D eigenvalue weighted by molar-refractivity contribution is 7.89. The van der Waals surface area contributed by atoms with Crippen LogP contribution in [0.5, 0.6) is 0 Å². The van der Waals surface area contributed by atoms with E-state index in [1.807, 2.05) is 13.8 Å². The minimum absolute atomic E-state index is 0.0532. The number of sulfonamides is 1. The first-order valence-corrected chi connectivity index (χ1v) is 10.4. The summed E-state index contributed by atoms with van der Waals surface area (Å²) >= 11 is 0. The van der Waals surface area contributed by atoms with E-state index >= 15 is 0 Å². The molecule has 0 fully saturated rings. The Morgan fingerprint density at radius 2 is 1.93 bits per heavy atom. The van der Waals surface area contributed by atoms with Crippen LogP contribution in [0.4, 0.5) is 23.3 Å². The Labute approximate surface area is 168 Å². The number of aromatic amines is 1. The maximum atomic E-state index is 12.4. The number of anilines is 4. The van der Waals surface area contributed by atoms with Crippen LogP contribution in [0.1, 0.15) is 16.8 Å². The standard InChI is InChI=1S/C18H23N7O3S/c1-11-4-5-14(10-15(11)29(27,28)20-8-9-26)21-18-19-7-6-16(23-18)22-17-12(2)13(3)24-25-17/h4-7,10,20,26H,8-9H2,1-3H3,(H3,19,21,22,23,24,25). The van der Waals surface area contributed by atoms with Crippen LogP contribution in [0.25, 0.3) is 0 Å². The Morgan fingerprint density at radius 1 is 1.14 bits per heavy atom. The van der Waals surface area contributed by atoms with E-state index in [9.17, 15) is 8.42 Å². The summed E-state index contributed by atoms with van der Waals surface area (Å²) in [6, 6.07) is 6.64. The van der Waals surface area contributed by atoms with Crippen molar-refractivity contribution in [2.45, 2.75) is 25.7 Å². The van der Waals surface area contributed by atoms with Gasteiger partial charge in [0.2, 0.25) is 16.0 Å². The molecule has 0 aliphatic heterocycles. The zero-order valence-electron chi connectivity index (χ0n) is 16.3. The molecule has 2 aromatic heterocycles. The average molecular weight is 417 g/mol. The van der Waals surface area contributed by atoms with Crippen LogP contribution < -0.4 is 15.4 Å². The second-order valence-electron chi connectivity index (χ2n) is 6.44. The molecule has 5 N–H and O–H groups in total. The normalized spacial score (nSPS) is 11.4. The summed E-state index contributed by atoms with van der Waals surface area (Å²) in [5, 5.41) is 22.1. The fourth-order valence-corrected chi connectivity index (χ4v) is 3.86. The molecule has 0 atom stereocenters. The lowest BCUT2D eigenvalue weighted by atomic mass is 10.2. The van der Waals surface area contributed by atoms with Crippen LogP contribution in [0.3, 0.4) is 0 Å². The molecule has 0 radical (unpaired) electrons. The van der Waals surface area contributed by atoms with Crippen molar-refractivity contribution < 1.29 is 13.5 Å². The van der Waals surface area contributed by atoms with Crippen molar-refractivity contribution in [3.63, 3.8) is 0 Å². The zero-order chi connectivity index (χ0) is 21.0.